The highest BCUT2D eigenvalue weighted by molar-refractivity contribution is 7.10. The van der Waals surface area contributed by atoms with E-state index in [9.17, 15) is 0 Å². The fourth-order valence-electron chi connectivity index (χ4n) is 0.927. The second-order valence-electron chi connectivity index (χ2n) is 2.47. The highest BCUT2D eigenvalue weighted by Crippen LogP contribution is 2.17. The summed E-state index contributed by atoms with van der Waals surface area (Å²) in [5.41, 5.74) is 1.17. The van der Waals surface area contributed by atoms with Crippen LogP contribution in [0.15, 0.2) is 42.0 Å². The molecule has 1 aromatic rings. The van der Waals surface area contributed by atoms with Gasteiger partial charge in [-0.15, -0.1) is 11.3 Å². The summed E-state index contributed by atoms with van der Waals surface area (Å²) >= 11 is 1.66. The fraction of sp³-hybridized carbons (Fsp3) is 0.182. The van der Waals surface area contributed by atoms with E-state index in [0.29, 0.717) is 0 Å². The third-order valence-corrected chi connectivity index (χ3v) is 2.39. The van der Waals surface area contributed by atoms with Gasteiger partial charge in [-0.2, -0.15) is 0 Å². The number of thiazole rings is 1. The summed E-state index contributed by atoms with van der Waals surface area (Å²) in [7, 11) is 0. The number of aromatic nitrogens is 1. The van der Waals surface area contributed by atoms with E-state index < -0.39 is 0 Å². The van der Waals surface area contributed by atoms with Crippen LogP contribution in [0.3, 0.4) is 0 Å². The molecule has 0 fully saturated rings. The maximum atomic E-state index is 4.24. The highest BCUT2D eigenvalue weighted by Gasteiger charge is 1.97. The quantitative estimate of drug-likeness (QED) is 0.664. The van der Waals surface area contributed by atoms with Gasteiger partial charge in [-0.25, -0.2) is 4.98 Å². The van der Waals surface area contributed by atoms with Crippen LogP contribution < -0.4 is 0 Å². The molecule has 0 aliphatic heterocycles. The Labute approximate surface area is 83.1 Å². The maximum Gasteiger partial charge on any atom is 0.122 e. The fourth-order valence-corrected chi connectivity index (χ4v) is 1.62. The Kier molecular flexibility index (Phi) is 4.19. The zero-order valence-electron chi connectivity index (χ0n) is 7.90. The molecule has 0 aliphatic rings. The summed E-state index contributed by atoms with van der Waals surface area (Å²) in [5, 5.41) is 3.06. The second kappa shape index (κ2) is 5.49. The van der Waals surface area contributed by atoms with Gasteiger partial charge in [-0.1, -0.05) is 30.4 Å². The molecule has 0 amide bonds. The van der Waals surface area contributed by atoms with Crippen molar-refractivity contribution >= 4 is 16.9 Å². The molecule has 0 unspecified atom stereocenters. The molecule has 1 heterocycles. The lowest BCUT2D eigenvalue weighted by Gasteiger charge is -1.92. The third kappa shape index (κ3) is 2.99. The van der Waals surface area contributed by atoms with Gasteiger partial charge >= 0.3 is 0 Å². The van der Waals surface area contributed by atoms with Crippen LogP contribution in [0.4, 0.5) is 0 Å². The average molecular weight is 191 g/mol. The van der Waals surface area contributed by atoms with Crippen molar-refractivity contribution in [3.8, 4) is 0 Å². The van der Waals surface area contributed by atoms with Crippen molar-refractivity contribution in [2.75, 3.05) is 0 Å². The van der Waals surface area contributed by atoms with Gasteiger partial charge in [0, 0.05) is 17.2 Å². The van der Waals surface area contributed by atoms with E-state index in [1.807, 2.05) is 43.7 Å². The first-order valence-electron chi connectivity index (χ1n) is 4.24. The monoisotopic (exact) mass is 191 g/mol. The Morgan fingerprint density at radius 2 is 2.23 bits per heavy atom. The number of allylic oxidation sites excluding steroid dienone is 6. The second-order valence-corrected chi connectivity index (χ2v) is 3.36. The number of rotatable bonds is 3. The van der Waals surface area contributed by atoms with E-state index in [1.165, 1.54) is 5.57 Å². The van der Waals surface area contributed by atoms with Gasteiger partial charge < -0.3 is 0 Å². The van der Waals surface area contributed by atoms with E-state index in [1.54, 1.807) is 11.3 Å². The number of hydrogen-bond donors (Lipinski definition) is 0. The summed E-state index contributed by atoms with van der Waals surface area (Å²) in [6.07, 6.45) is 12.0. The van der Waals surface area contributed by atoms with Gasteiger partial charge in [0.05, 0.1) is 0 Å². The van der Waals surface area contributed by atoms with Crippen LogP contribution in [0.5, 0.6) is 0 Å². The van der Waals surface area contributed by atoms with Crippen LogP contribution in [0.1, 0.15) is 18.9 Å². The molecule has 1 rings (SSSR count). The molecule has 0 spiro atoms. The van der Waals surface area contributed by atoms with Gasteiger partial charge in [0.1, 0.15) is 5.01 Å². The van der Waals surface area contributed by atoms with Gasteiger partial charge in [-0.05, 0) is 13.8 Å². The molecule has 0 atom stereocenters. The van der Waals surface area contributed by atoms with E-state index in [0.717, 1.165) is 5.01 Å². The Hall–Kier alpha value is -1.15. The minimum atomic E-state index is 1.07. The summed E-state index contributed by atoms with van der Waals surface area (Å²) in [6, 6.07) is 0. The van der Waals surface area contributed by atoms with Crippen LogP contribution in [-0.2, 0) is 0 Å². The Bertz CT molecular complexity index is 318. The molecule has 13 heavy (non-hydrogen) atoms. The zero-order chi connectivity index (χ0) is 9.52. The van der Waals surface area contributed by atoms with Crippen molar-refractivity contribution in [1.82, 2.24) is 4.98 Å². The summed E-state index contributed by atoms with van der Waals surface area (Å²) in [5.74, 6) is 0. The molecule has 2 heteroatoms. The minimum Gasteiger partial charge on any atom is -0.245 e. The first-order chi connectivity index (χ1) is 6.38. The number of hydrogen-bond acceptors (Lipinski definition) is 2. The summed E-state index contributed by atoms with van der Waals surface area (Å²) in [4.78, 5) is 4.24. The molecule has 0 N–H and O–H groups in total. The standard InChI is InChI=1S/C11H13NS/c1-3-5-6-7-10(4-2)11-12-8-9-13-11/h3-9H,1-2H3/b5-3?,7-6-,10-4+. The van der Waals surface area contributed by atoms with Crippen molar-refractivity contribution in [1.29, 1.82) is 0 Å². The van der Waals surface area contributed by atoms with Crippen molar-refractivity contribution in [2.24, 2.45) is 0 Å². The van der Waals surface area contributed by atoms with E-state index in [-0.39, 0.29) is 0 Å². The van der Waals surface area contributed by atoms with Gasteiger partial charge in [0.25, 0.3) is 0 Å². The first kappa shape index (κ1) is 9.93. The Balaban J connectivity index is 2.77. The van der Waals surface area contributed by atoms with Crippen molar-refractivity contribution in [2.45, 2.75) is 13.8 Å². The predicted octanol–water partition coefficient (Wildman–Crippen LogP) is 3.68. The van der Waals surface area contributed by atoms with Crippen LogP contribution in [0.2, 0.25) is 0 Å². The summed E-state index contributed by atoms with van der Waals surface area (Å²) in [6.45, 7) is 4.03. The lowest BCUT2D eigenvalue weighted by atomic mass is 10.2. The van der Waals surface area contributed by atoms with E-state index in [2.05, 4.69) is 17.1 Å². The van der Waals surface area contributed by atoms with Crippen molar-refractivity contribution in [3.05, 3.63) is 47.0 Å². The molecular weight excluding hydrogens is 178 g/mol. The van der Waals surface area contributed by atoms with Crippen LogP contribution in [-0.4, -0.2) is 4.98 Å². The summed E-state index contributed by atoms with van der Waals surface area (Å²) < 4.78 is 0. The van der Waals surface area contributed by atoms with Crippen molar-refractivity contribution in [3.63, 3.8) is 0 Å². The topological polar surface area (TPSA) is 12.9 Å². The smallest absolute Gasteiger partial charge is 0.122 e. The maximum absolute atomic E-state index is 4.24. The lowest BCUT2D eigenvalue weighted by Crippen LogP contribution is -1.76. The van der Waals surface area contributed by atoms with Crippen LogP contribution in [0.25, 0.3) is 5.57 Å². The zero-order valence-corrected chi connectivity index (χ0v) is 8.71. The molecule has 0 saturated heterocycles. The minimum absolute atomic E-state index is 1.07. The molecule has 1 aromatic heterocycles. The molecule has 0 saturated carbocycles. The lowest BCUT2D eigenvalue weighted by molar-refractivity contribution is 1.37. The molecule has 0 radical (unpaired) electrons. The third-order valence-electron chi connectivity index (χ3n) is 1.57. The first-order valence-corrected chi connectivity index (χ1v) is 5.12. The molecular formula is C11H13NS. The average Bonchev–Trinajstić information content (AvgIpc) is 2.65. The molecule has 1 nitrogen and oxygen atoms in total. The van der Waals surface area contributed by atoms with Crippen LogP contribution >= 0.6 is 11.3 Å². The Morgan fingerprint density at radius 1 is 1.38 bits per heavy atom. The molecule has 0 aliphatic carbocycles. The normalized spacial score (nSPS) is 13.2. The van der Waals surface area contributed by atoms with Gasteiger partial charge in [0.15, 0.2) is 0 Å². The van der Waals surface area contributed by atoms with Crippen LogP contribution in [0, 0.1) is 0 Å². The van der Waals surface area contributed by atoms with E-state index in [4.69, 9.17) is 0 Å². The van der Waals surface area contributed by atoms with E-state index >= 15 is 0 Å². The van der Waals surface area contributed by atoms with Gasteiger partial charge in [0.2, 0.25) is 0 Å². The SMILES string of the molecule is CC=C/C=C\C(=C/C)c1nccs1. The molecule has 0 aromatic carbocycles. The molecule has 68 valence electrons. The largest absolute Gasteiger partial charge is 0.245 e. The predicted molar refractivity (Wildman–Crippen MR) is 59.7 cm³/mol. The highest BCUT2D eigenvalue weighted by atomic mass is 32.1. The van der Waals surface area contributed by atoms with Gasteiger partial charge in [-0.3, -0.25) is 0 Å². The number of nitrogens with zero attached hydrogens (tertiary/aromatic N) is 1. The van der Waals surface area contributed by atoms with Crippen molar-refractivity contribution < 1.29 is 0 Å². The molecule has 0 bridgehead atoms. The Morgan fingerprint density at radius 3 is 2.77 bits per heavy atom.